The minimum absolute atomic E-state index is 0.000905. The maximum Gasteiger partial charge on any atom is 0.142 e. The Balaban J connectivity index is 1.84. The Kier molecular flexibility index (Phi) is 4.61. The molecule has 2 bridgehead atoms. The molecule has 4 heteroatoms. The van der Waals surface area contributed by atoms with Crippen LogP contribution >= 0.6 is 23.2 Å². The Morgan fingerprint density at radius 2 is 1.28 bits per heavy atom. The lowest BCUT2D eigenvalue weighted by molar-refractivity contribution is -0.143. The van der Waals surface area contributed by atoms with Gasteiger partial charge in [0.05, 0.1) is 0 Å². The maximum atomic E-state index is 13.2. The van der Waals surface area contributed by atoms with Crippen molar-refractivity contribution >= 4 is 29.0 Å². The van der Waals surface area contributed by atoms with Gasteiger partial charge in [0.2, 0.25) is 0 Å². The van der Waals surface area contributed by atoms with E-state index in [0.29, 0.717) is 5.78 Å². The van der Waals surface area contributed by atoms with Crippen LogP contribution in [-0.4, -0.2) is 17.7 Å². The van der Waals surface area contributed by atoms with Crippen LogP contribution in [0, 0.1) is 11.8 Å². The van der Waals surface area contributed by atoms with Gasteiger partial charge in [0.1, 0.15) is 5.78 Å². The van der Waals surface area contributed by atoms with Gasteiger partial charge in [0.15, 0.2) is 0 Å². The highest BCUT2D eigenvalue weighted by Gasteiger charge is 2.50. The van der Waals surface area contributed by atoms with Crippen molar-refractivity contribution in [2.24, 2.45) is 11.8 Å². The molecule has 1 heterocycles. The number of Topliss-reactive ketones (excluding diaryl/α,β-unsaturated/α-hetero) is 1. The average molecular weight is 374 g/mol. The minimum atomic E-state index is -0.000905. The van der Waals surface area contributed by atoms with Crippen molar-refractivity contribution in [2.75, 3.05) is 7.05 Å². The highest BCUT2D eigenvalue weighted by molar-refractivity contribution is 6.31. The molecule has 2 fully saturated rings. The number of hydrogen-bond donors (Lipinski definition) is 0. The van der Waals surface area contributed by atoms with Crippen LogP contribution in [0.5, 0.6) is 0 Å². The van der Waals surface area contributed by atoms with E-state index in [0.717, 1.165) is 40.4 Å². The Hall–Kier alpha value is -1.35. The Bertz CT molecular complexity index is 742. The largest absolute Gasteiger partial charge is 0.299 e. The van der Waals surface area contributed by atoms with E-state index in [1.165, 1.54) is 0 Å². The number of likely N-dealkylation sites (tertiary alicyclic amines) is 1. The van der Waals surface area contributed by atoms with Crippen molar-refractivity contribution in [3.63, 3.8) is 0 Å². The summed E-state index contributed by atoms with van der Waals surface area (Å²) in [5.41, 5.74) is 2.09. The van der Waals surface area contributed by atoms with Crippen molar-refractivity contribution in [3.8, 4) is 0 Å². The lowest BCUT2D eigenvalue weighted by atomic mass is 9.66. The number of piperidine rings is 1. The summed E-state index contributed by atoms with van der Waals surface area (Å²) in [6.07, 6.45) is 2.95. The maximum absolute atomic E-state index is 13.2. The second kappa shape index (κ2) is 6.75. The van der Waals surface area contributed by atoms with E-state index in [9.17, 15) is 4.79 Å². The molecule has 4 atom stereocenters. The molecule has 2 aliphatic rings. The van der Waals surface area contributed by atoms with Crippen LogP contribution in [-0.2, 0) is 4.79 Å². The first-order valence-electron chi connectivity index (χ1n) is 8.84. The van der Waals surface area contributed by atoms with E-state index in [2.05, 4.69) is 24.1 Å². The lowest BCUT2D eigenvalue weighted by Gasteiger charge is -2.51. The van der Waals surface area contributed by atoms with Crippen LogP contribution in [0.1, 0.15) is 42.5 Å². The molecule has 0 amide bonds. The quantitative estimate of drug-likeness (QED) is 0.671. The van der Waals surface area contributed by atoms with Crippen molar-refractivity contribution < 1.29 is 4.79 Å². The SMILES string of the molecule is CN1C(c2ccccc2Cl)C2CCCC(C2=O)C1c1ccccc1Cl. The smallest absolute Gasteiger partial charge is 0.142 e. The molecule has 0 spiro atoms. The number of halogens is 2. The summed E-state index contributed by atoms with van der Waals surface area (Å²) in [5.74, 6) is 0.406. The number of carbonyl (C=O) groups excluding carboxylic acids is 1. The highest BCUT2D eigenvalue weighted by Crippen LogP contribution is 2.52. The van der Waals surface area contributed by atoms with Crippen LogP contribution in [0.4, 0.5) is 0 Å². The summed E-state index contributed by atoms with van der Waals surface area (Å²) in [5, 5.41) is 1.46. The zero-order valence-electron chi connectivity index (χ0n) is 14.2. The molecule has 2 nitrogen and oxygen atoms in total. The lowest BCUT2D eigenvalue weighted by Crippen LogP contribution is -2.51. The molecule has 25 heavy (non-hydrogen) atoms. The fraction of sp³-hybridized carbons (Fsp3) is 0.381. The molecule has 0 N–H and O–H groups in total. The molecule has 130 valence electrons. The third kappa shape index (κ3) is 2.81. The van der Waals surface area contributed by atoms with Gasteiger partial charge in [0.25, 0.3) is 0 Å². The van der Waals surface area contributed by atoms with Crippen LogP contribution < -0.4 is 0 Å². The second-order valence-corrected chi connectivity index (χ2v) is 7.96. The fourth-order valence-corrected chi connectivity index (χ4v) is 5.28. The van der Waals surface area contributed by atoms with Crippen molar-refractivity contribution in [2.45, 2.75) is 31.3 Å². The molecule has 2 aromatic rings. The van der Waals surface area contributed by atoms with E-state index in [-0.39, 0.29) is 23.9 Å². The predicted molar refractivity (Wildman–Crippen MR) is 102 cm³/mol. The number of hydrogen-bond acceptors (Lipinski definition) is 2. The average Bonchev–Trinajstić information content (AvgIpc) is 2.60. The normalized spacial score (nSPS) is 29.6. The highest BCUT2D eigenvalue weighted by atomic mass is 35.5. The summed E-state index contributed by atoms with van der Waals surface area (Å²) in [7, 11) is 2.11. The first kappa shape index (κ1) is 17.1. The van der Waals surface area contributed by atoms with E-state index in [1.807, 2.05) is 36.4 Å². The topological polar surface area (TPSA) is 20.3 Å². The molecule has 4 rings (SSSR count). The summed E-state index contributed by atoms with van der Waals surface area (Å²) < 4.78 is 0. The summed E-state index contributed by atoms with van der Waals surface area (Å²) in [6.45, 7) is 0. The van der Waals surface area contributed by atoms with Gasteiger partial charge in [-0.25, -0.2) is 0 Å². The van der Waals surface area contributed by atoms with Gasteiger partial charge in [-0.15, -0.1) is 0 Å². The van der Waals surface area contributed by atoms with E-state index >= 15 is 0 Å². The molecule has 2 aromatic carbocycles. The summed E-state index contributed by atoms with van der Waals surface area (Å²) in [6, 6.07) is 15.8. The van der Waals surface area contributed by atoms with E-state index in [1.54, 1.807) is 0 Å². The number of nitrogens with zero attached hydrogens (tertiary/aromatic N) is 1. The second-order valence-electron chi connectivity index (χ2n) is 7.14. The number of fused-ring (bicyclic) bond motifs is 2. The zero-order chi connectivity index (χ0) is 17.6. The third-order valence-corrected chi connectivity index (χ3v) is 6.54. The molecule has 1 saturated carbocycles. The molecular weight excluding hydrogens is 353 g/mol. The van der Waals surface area contributed by atoms with Crippen LogP contribution in [0.15, 0.2) is 48.5 Å². The van der Waals surface area contributed by atoms with Gasteiger partial charge in [-0.3, -0.25) is 9.69 Å². The molecule has 1 aliphatic heterocycles. The standard InChI is InChI=1S/C21H21Cl2NO/c1-24-19(13-7-2-4-11-17(13)22)15-9-6-10-16(21(15)25)20(24)14-8-3-5-12-18(14)23/h2-5,7-8,11-12,15-16,19-20H,6,9-10H2,1H3. The van der Waals surface area contributed by atoms with Crippen LogP contribution in [0.25, 0.3) is 0 Å². The van der Waals surface area contributed by atoms with Gasteiger partial charge >= 0.3 is 0 Å². The van der Waals surface area contributed by atoms with Crippen LogP contribution in [0.2, 0.25) is 10.0 Å². The minimum Gasteiger partial charge on any atom is -0.299 e. The fourth-order valence-electron chi connectivity index (χ4n) is 4.79. The predicted octanol–water partition coefficient (Wildman–Crippen LogP) is 5.71. The van der Waals surface area contributed by atoms with Crippen LogP contribution in [0.3, 0.4) is 0 Å². The molecule has 4 unspecified atom stereocenters. The summed E-state index contributed by atoms with van der Waals surface area (Å²) in [4.78, 5) is 15.6. The number of benzene rings is 2. The van der Waals surface area contributed by atoms with Gasteiger partial charge in [-0.05, 0) is 43.1 Å². The molecule has 0 aromatic heterocycles. The zero-order valence-corrected chi connectivity index (χ0v) is 15.7. The molecule has 0 radical (unpaired) electrons. The molecule has 1 aliphatic carbocycles. The van der Waals surface area contributed by atoms with E-state index in [4.69, 9.17) is 23.2 Å². The third-order valence-electron chi connectivity index (χ3n) is 5.85. The Morgan fingerprint density at radius 3 is 1.72 bits per heavy atom. The van der Waals surface area contributed by atoms with Gasteiger partial charge < -0.3 is 0 Å². The van der Waals surface area contributed by atoms with Crippen molar-refractivity contribution in [1.82, 2.24) is 4.90 Å². The molecule has 1 saturated heterocycles. The Labute approximate surface area is 158 Å². The monoisotopic (exact) mass is 373 g/mol. The van der Waals surface area contributed by atoms with Gasteiger partial charge in [0, 0.05) is 34.0 Å². The molecular formula is C21H21Cl2NO. The van der Waals surface area contributed by atoms with E-state index < -0.39 is 0 Å². The Morgan fingerprint density at radius 1 is 0.840 bits per heavy atom. The van der Waals surface area contributed by atoms with Crippen molar-refractivity contribution in [3.05, 3.63) is 69.7 Å². The number of carbonyl (C=O) groups is 1. The van der Waals surface area contributed by atoms with Gasteiger partial charge in [-0.2, -0.15) is 0 Å². The summed E-state index contributed by atoms with van der Waals surface area (Å²) >= 11 is 13.0. The number of rotatable bonds is 2. The van der Waals surface area contributed by atoms with Gasteiger partial charge in [-0.1, -0.05) is 66.0 Å². The number of ketones is 1. The first-order chi connectivity index (χ1) is 12.1. The first-order valence-corrected chi connectivity index (χ1v) is 9.59. The van der Waals surface area contributed by atoms with Crippen molar-refractivity contribution in [1.29, 1.82) is 0 Å².